The van der Waals surface area contributed by atoms with Crippen molar-refractivity contribution in [1.82, 2.24) is 19.8 Å². The number of hydrogen-bond donors (Lipinski definition) is 1. The van der Waals surface area contributed by atoms with E-state index in [0.717, 1.165) is 66.9 Å². The number of likely N-dealkylation sites (tertiary alicyclic amines) is 1. The Labute approximate surface area is 184 Å². The topological polar surface area (TPSA) is 70.6 Å². The van der Waals surface area contributed by atoms with E-state index in [-0.39, 0.29) is 12.0 Å². The molecule has 0 spiro atoms. The first-order chi connectivity index (χ1) is 15.0. The Morgan fingerprint density at radius 2 is 2.03 bits per heavy atom. The Hall–Kier alpha value is -2.51. The minimum atomic E-state index is -0.145. The van der Waals surface area contributed by atoms with Crippen LogP contribution in [-0.2, 0) is 9.53 Å². The van der Waals surface area contributed by atoms with Crippen molar-refractivity contribution in [2.45, 2.75) is 39.7 Å². The van der Waals surface area contributed by atoms with E-state index < -0.39 is 0 Å². The second-order valence-electron chi connectivity index (χ2n) is 8.87. The van der Waals surface area contributed by atoms with Gasteiger partial charge in [0.1, 0.15) is 11.9 Å². The monoisotopic (exact) mass is 423 g/mol. The molecule has 7 heteroatoms. The average molecular weight is 424 g/mol. The zero-order valence-electron chi connectivity index (χ0n) is 18.8. The summed E-state index contributed by atoms with van der Waals surface area (Å²) in [5.41, 5.74) is 3.85. The molecule has 2 aromatic rings. The van der Waals surface area contributed by atoms with E-state index in [4.69, 9.17) is 9.72 Å². The second kappa shape index (κ2) is 9.75. The molecule has 2 saturated heterocycles. The van der Waals surface area contributed by atoms with Crippen LogP contribution in [0.4, 0.5) is 11.5 Å². The summed E-state index contributed by atoms with van der Waals surface area (Å²) in [5.74, 6) is 1.80. The molecular weight excluding hydrogens is 390 g/mol. The number of morpholine rings is 1. The lowest BCUT2D eigenvalue weighted by Gasteiger charge is -2.35. The van der Waals surface area contributed by atoms with Crippen LogP contribution >= 0.6 is 0 Å². The number of nitrogens with one attached hydrogen (secondary N) is 1. The van der Waals surface area contributed by atoms with Crippen molar-refractivity contribution in [3.8, 4) is 0 Å². The fourth-order valence-electron chi connectivity index (χ4n) is 4.26. The van der Waals surface area contributed by atoms with Crippen LogP contribution in [0.5, 0.6) is 0 Å². The van der Waals surface area contributed by atoms with Gasteiger partial charge in [-0.15, -0.1) is 0 Å². The summed E-state index contributed by atoms with van der Waals surface area (Å²) in [4.78, 5) is 26.1. The van der Waals surface area contributed by atoms with Crippen LogP contribution in [0, 0.1) is 19.8 Å². The summed E-state index contributed by atoms with van der Waals surface area (Å²) < 4.78 is 6.05. The van der Waals surface area contributed by atoms with Crippen molar-refractivity contribution in [2.24, 2.45) is 5.92 Å². The highest BCUT2D eigenvalue weighted by atomic mass is 16.5. The fraction of sp³-hybridized carbons (Fsp3) is 0.542. The number of ether oxygens (including phenoxy) is 1. The summed E-state index contributed by atoms with van der Waals surface area (Å²) in [6, 6.07) is 8.01. The van der Waals surface area contributed by atoms with E-state index in [2.05, 4.69) is 22.1 Å². The maximum atomic E-state index is 12.8. The first kappa shape index (κ1) is 21.7. The highest BCUT2D eigenvalue weighted by molar-refractivity contribution is 5.78. The number of rotatable bonds is 5. The van der Waals surface area contributed by atoms with E-state index in [1.807, 2.05) is 43.0 Å². The number of hydrogen-bond acceptors (Lipinski definition) is 6. The fourth-order valence-corrected chi connectivity index (χ4v) is 4.26. The molecule has 4 heterocycles. The lowest BCUT2D eigenvalue weighted by atomic mass is 9.99. The van der Waals surface area contributed by atoms with Gasteiger partial charge in [0, 0.05) is 43.8 Å². The number of carbonyl (C=O) groups is 1. The highest BCUT2D eigenvalue weighted by Crippen LogP contribution is 2.26. The Balaban J connectivity index is 1.41. The predicted molar refractivity (Wildman–Crippen MR) is 121 cm³/mol. The molecule has 1 amide bonds. The highest BCUT2D eigenvalue weighted by Gasteiger charge is 2.27. The van der Waals surface area contributed by atoms with Crippen LogP contribution in [0.25, 0.3) is 0 Å². The molecule has 4 rings (SSSR count). The first-order valence-electron chi connectivity index (χ1n) is 11.3. The van der Waals surface area contributed by atoms with Crippen LogP contribution < -0.4 is 5.32 Å². The van der Waals surface area contributed by atoms with Crippen LogP contribution in [0.3, 0.4) is 0 Å². The van der Waals surface area contributed by atoms with Crippen molar-refractivity contribution >= 4 is 17.4 Å². The number of carbonyl (C=O) groups excluding carboxylic acids is 1. The molecule has 0 radical (unpaired) electrons. The Morgan fingerprint density at radius 3 is 2.81 bits per heavy atom. The van der Waals surface area contributed by atoms with Gasteiger partial charge in [-0.1, -0.05) is 13.0 Å². The molecule has 2 aliphatic heterocycles. The zero-order valence-corrected chi connectivity index (χ0v) is 18.8. The Morgan fingerprint density at radius 1 is 1.23 bits per heavy atom. The third-order valence-electron chi connectivity index (χ3n) is 6.22. The number of nitrogens with zero attached hydrogens (tertiary/aromatic N) is 4. The molecule has 0 saturated carbocycles. The number of amides is 1. The average Bonchev–Trinajstić information content (AvgIpc) is 2.76. The number of aryl methyl sites for hydroxylation is 2. The summed E-state index contributed by atoms with van der Waals surface area (Å²) in [6.45, 7) is 10.6. The van der Waals surface area contributed by atoms with Gasteiger partial charge in [0.25, 0.3) is 0 Å². The van der Waals surface area contributed by atoms with Gasteiger partial charge in [0.05, 0.1) is 18.8 Å². The van der Waals surface area contributed by atoms with Gasteiger partial charge in [-0.2, -0.15) is 0 Å². The molecular formula is C24H33N5O2. The Kier molecular flexibility index (Phi) is 6.83. The first-order valence-corrected chi connectivity index (χ1v) is 11.3. The molecule has 1 N–H and O–H groups in total. The maximum Gasteiger partial charge on any atom is 0.236 e. The Bertz CT molecular complexity index is 911. The molecule has 7 nitrogen and oxygen atoms in total. The number of piperidine rings is 1. The predicted octanol–water partition coefficient (Wildman–Crippen LogP) is 3.47. The van der Waals surface area contributed by atoms with Crippen molar-refractivity contribution in [1.29, 1.82) is 0 Å². The van der Waals surface area contributed by atoms with Gasteiger partial charge in [0.15, 0.2) is 0 Å². The zero-order chi connectivity index (χ0) is 21.8. The van der Waals surface area contributed by atoms with Gasteiger partial charge < -0.3 is 15.0 Å². The lowest BCUT2D eigenvalue weighted by molar-refractivity contribution is -0.135. The standard InChI is InChI=1S/C24H33N5O2/c1-17-6-9-29(10-7-17)23(30)16-28-11-12-31-22(15-28)21-14-20(13-19(3)26-21)27-24-18(2)5-4-8-25-24/h4-5,8,13-14,17,22H,6-7,9-12,15-16H2,1-3H3,(H,25,26,27)/t22-/m0/s1. The third-order valence-corrected chi connectivity index (χ3v) is 6.22. The van der Waals surface area contributed by atoms with Crippen molar-refractivity contribution in [3.63, 3.8) is 0 Å². The summed E-state index contributed by atoms with van der Waals surface area (Å²) in [5, 5.41) is 3.40. The lowest BCUT2D eigenvalue weighted by Crippen LogP contribution is -2.47. The molecule has 0 bridgehead atoms. The van der Waals surface area contributed by atoms with Crippen LogP contribution in [0.1, 0.15) is 42.8 Å². The van der Waals surface area contributed by atoms with Gasteiger partial charge >= 0.3 is 0 Å². The van der Waals surface area contributed by atoms with Crippen LogP contribution in [-0.4, -0.2) is 65.0 Å². The number of aromatic nitrogens is 2. The number of pyridine rings is 2. The van der Waals surface area contributed by atoms with Gasteiger partial charge in [-0.3, -0.25) is 14.7 Å². The van der Waals surface area contributed by atoms with E-state index in [0.29, 0.717) is 19.7 Å². The molecule has 2 fully saturated rings. The minimum Gasteiger partial charge on any atom is -0.369 e. The summed E-state index contributed by atoms with van der Waals surface area (Å²) >= 11 is 0. The summed E-state index contributed by atoms with van der Waals surface area (Å²) in [6.07, 6.45) is 3.85. The SMILES string of the molecule is Cc1cc(Nc2ncccc2C)cc([C@@H]2CN(CC(=O)N3CCC(C)CC3)CCO2)n1. The van der Waals surface area contributed by atoms with E-state index >= 15 is 0 Å². The number of anilines is 2. The van der Waals surface area contributed by atoms with E-state index in [1.54, 1.807) is 6.20 Å². The van der Waals surface area contributed by atoms with Gasteiger partial charge in [0.2, 0.25) is 5.91 Å². The van der Waals surface area contributed by atoms with Crippen molar-refractivity contribution < 1.29 is 9.53 Å². The van der Waals surface area contributed by atoms with E-state index in [1.165, 1.54) is 0 Å². The molecule has 2 aromatic heterocycles. The third kappa shape index (κ3) is 5.60. The molecule has 0 aliphatic carbocycles. The summed E-state index contributed by atoms with van der Waals surface area (Å²) in [7, 11) is 0. The normalized spacial score (nSPS) is 20.6. The van der Waals surface area contributed by atoms with Crippen molar-refractivity contribution in [3.05, 3.63) is 47.4 Å². The van der Waals surface area contributed by atoms with Gasteiger partial charge in [-0.05, 0) is 56.4 Å². The largest absolute Gasteiger partial charge is 0.369 e. The molecule has 31 heavy (non-hydrogen) atoms. The molecule has 2 aliphatic rings. The smallest absolute Gasteiger partial charge is 0.236 e. The van der Waals surface area contributed by atoms with Crippen LogP contribution in [0.2, 0.25) is 0 Å². The molecule has 0 unspecified atom stereocenters. The van der Waals surface area contributed by atoms with Gasteiger partial charge in [-0.25, -0.2) is 4.98 Å². The molecule has 166 valence electrons. The van der Waals surface area contributed by atoms with Crippen molar-refractivity contribution in [2.75, 3.05) is 44.6 Å². The molecule has 1 atom stereocenters. The molecule has 0 aromatic carbocycles. The van der Waals surface area contributed by atoms with Crippen LogP contribution in [0.15, 0.2) is 30.5 Å². The maximum absolute atomic E-state index is 12.8. The van der Waals surface area contributed by atoms with E-state index in [9.17, 15) is 4.79 Å². The minimum absolute atomic E-state index is 0.145. The quantitative estimate of drug-likeness (QED) is 0.794. The second-order valence-corrected chi connectivity index (χ2v) is 8.87.